The molecule has 32 heavy (non-hydrogen) atoms. The molecule has 0 spiro atoms. The number of thiol groups is 8. The summed E-state index contributed by atoms with van der Waals surface area (Å²) in [7, 11) is 0. The number of aliphatic hydroxyl groups is 8. The summed E-state index contributed by atoms with van der Waals surface area (Å²) in [5, 5.41) is 70.0. The first-order valence-corrected chi connectivity index (χ1v) is 14.3. The van der Waals surface area contributed by atoms with Crippen LogP contribution < -0.4 is 0 Å². The second-order valence-electron chi connectivity index (χ2n) is 6.00. The minimum atomic E-state index is -0.740. The molecule has 0 aromatic heterocycles. The van der Waals surface area contributed by atoms with Gasteiger partial charge in [0.2, 0.25) is 0 Å². The van der Waals surface area contributed by atoms with Crippen molar-refractivity contribution in [2.45, 2.75) is 48.8 Å². The average Bonchev–Trinajstić information content (AvgIpc) is 2.85. The first kappa shape index (κ1) is 41.6. The molecule has 0 aliphatic heterocycles. The summed E-state index contributed by atoms with van der Waals surface area (Å²) in [5.74, 6) is 2.24. The third kappa shape index (κ3) is 27.1. The van der Waals surface area contributed by atoms with E-state index in [-0.39, 0.29) is 46.0 Å². The molecular weight excluding hydrogens is 577 g/mol. The van der Waals surface area contributed by atoms with Crippen molar-refractivity contribution >= 4 is 101 Å². The van der Waals surface area contributed by atoms with Crippen molar-refractivity contribution in [3.8, 4) is 0 Å². The van der Waals surface area contributed by atoms with Gasteiger partial charge in [-0.25, -0.2) is 0 Å². The molecule has 0 bridgehead atoms. The molecule has 200 valence electrons. The van der Waals surface area contributed by atoms with Crippen LogP contribution in [0.3, 0.4) is 0 Å². The van der Waals surface area contributed by atoms with E-state index < -0.39 is 48.8 Å². The minimum Gasteiger partial charge on any atom is -0.390 e. The highest BCUT2D eigenvalue weighted by atomic mass is 32.1. The lowest BCUT2D eigenvalue weighted by molar-refractivity contribution is 0.0504. The van der Waals surface area contributed by atoms with Crippen molar-refractivity contribution in [2.24, 2.45) is 0 Å². The maximum Gasteiger partial charge on any atom is 0.0894 e. The van der Waals surface area contributed by atoms with Crippen molar-refractivity contribution in [3.05, 3.63) is 0 Å². The highest BCUT2D eigenvalue weighted by Gasteiger charge is 2.12. The molecule has 0 aromatic rings. The Morgan fingerprint density at radius 2 is 0.312 bits per heavy atom. The standard InChI is InChI=1S/4C4H10O2S2/c4*5-3(1-7)4(6)2-8/h4*3-8H,1-2H2/t3-,4+;3*3-,4-/m.111/s1. The minimum absolute atomic E-state index is 0.279. The van der Waals surface area contributed by atoms with Gasteiger partial charge in [0, 0.05) is 46.0 Å². The van der Waals surface area contributed by atoms with Crippen LogP contribution in [0.5, 0.6) is 0 Å². The van der Waals surface area contributed by atoms with E-state index in [4.69, 9.17) is 40.9 Å². The smallest absolute Gasteiger partial charge is 0.0894 e. The molecule has 0 saturated carbocycles. The van der Waals surface area contributed by atoms with Gasteiger partial charge in [-0.15, -0.1) is 0 Å². The summed E-state index contributed by atoms with van der Waals surface area (Å²) < 4.78 is 0. The Labute approximate surface area is 235 Å². The molecule has 0 unspecified atom stereocenters. The van der Waals surface area contributed by atoms with E-state index in [1.165, 1.54) is 0 Å². The van der Waals surface area contributed by atoms with E-state index in [0.29, 0.717) is 0 Å². The fourth-order valence-electron chi connectivity index (χ4n) is 0.973. The lowest BCUT2D eigenvalue weighted by Crippen LogP contribution is -2.28. The van der Waals surface area contributed by atoms with Gasteiger partial charge in [-0.1, -0.05) is 0 Å². The summed E-state index contributed by atoms with van der Waals surface area (Å²) in [4.78, 5) is 0. The van der Waals surface area contributed by atoms with Crippen LogP contribution >= 0.6 is 101 Å². The molecule has 0 rings (SSSR count). The Kier molecular flexibility index (Phi) is 38.6. The van der Waals surface area contributed by atoms with Crippen LogP contribution in [0.25, 0.3) is 0 Å². The van der Waals surface area contributed by atoms with Gasteiger partial charge in [0.15, 0.2) is 0 Å². The van der Waals surface area contributed by atoms with Crippen molar-refractivity contribution in [2.75, 3.05) is 46.0 Å². The Morgan fingerprint density at radius 3 is 0.344 bits per heavy atom. The second kappa shape index (κ2) is 29.7. The Balaban J connectivity index is -0.000000163. The van der Waals surface area contributed by atoms with E-state index in [9.17, 15) is 0 Å². The second-order valence-corrected chi connectivity index (χ2v) is 8.92. The maximum absolute atomic E-state index is 8.75. The zero-order valence-electron chi connectivity index (χ0n) is 17.4. The molecule has 8 nitrogen and oxygen atoms in total. The summed E-state index contributed by atoms with van der Waals surface area (Å²) in [6.45, 7) is 0. The Morgan fingerprint density at radius 1 is 0.250 bits per heavy atom. The van der Waals surface area contributed by atoms with Crippen molar-refractivity contribution in [1.29, 1.82) is 0 Å². The Hall–Kier alpha value is 2.48. The van der Waals surface area contributed by atoms with Crippen LogP contribution in [-0.2, 0) is 0 Å². The average molecular weight is 617 g/mol. The van der Waals surface area contributed by atoms with Gasteiger partial charge in [-0.2, -0.15) is 101 Å². The molecule has 0 fully saturated rings. The SMILES string of the molecule is O[C@H](CS)[C@@H](O)CS.O[C@H](CS)[C@H](O)CS.O[C@H](CS)[C@H](O)CS.O[C@H](CS)[C@H](O)CS. The number of rotatable bonds is 12. The van der Waals surface area contributed by atoms with Crippen LogP contribution in [0, 0.1) is 0 Å². The molecule has 16 heteroatoms. The van der Waals surface area contributed by atoms with Gasteiger partial charge in [0.1, 0.15) is 0 Å². The van der Waals surface area contributed by atoms with E-state index in [0.717, 1.165) is 0 Å². The molecule has 0 radical (unpaired) electrons. The summed E-state index contributed by atoms with van der Waals surface area (Å²) in [5.41, 5.74) is 0. The van der Waals surface area contributed by atoms with Crippen LogP contribution in [0.2, 0.25) is 0 Å². The molecular formula is C16H40O8S8. The summed E-state index contributed by atoms with van der Waals surface area (Å²) >= 11 is 30.1. The zero-order chi connectivity index (χ0) is 26.3. The van der Waals surface area contributed by atoms with Crippen molar-refractivity contribution in [1.82, 2.24) is 0 Å². The summed E-state index contributed by atoms with van der Waals surface area (Å²) in [6.07, 6.45) is -5.92. The van der Waals surface area contributed by atoms with E-state index in [1.54, 1.807) is 0 Å². The summed E-state index contributed by atoms with van der Waals surface area (Å²) in [6, 6.07) is 0. The molecule has 0 heterocycles. The highest BCUT2D eigenvalue weighted by molar-refractivity contribution is 7.81. The molecule has 0 saturated heterocycles. The molecule has 0 aromatic carbocycles. The van der Waals surface area contributed by atoms with Crippen LogP contribution in [0.1, 0.15) is 0 Å². The fraction of sp³-hybridized carbons (Fsp3) is 1.00. The predicted octanol–water partition coefficient (Wildman–Crippen LogP) is -1.73. The van der Waals surface area contributed by atoms with Crippen molar-refractivity contribution in [3.63, 3.8) is 0 Å². The molecule has 0 aliphatic rings. The van der Waals surface area contributed by atoms with Gasteiger partial charge >= 0.3 is 0 Å². The molecule has 8 atom stereocenters. The highest BCUT2D eigenvalue weighted by Crippen LogP contribution is 1.98. The lowest BCUT2D eigenvalue weighted by Gasteiger charge is -2.11. The van der Waals surface area contributed by atoms with Crippen LogP contribution in [0.4, 0.5) is 0 Å². The molecule has 0 aliphatic carbocycles. The molecule has 0 amide bonds. The van der Waals surface area contributed by atoms with Crippen molar-refractivity contribution < 1.29 is 40.9 Å². The molecule has 8 N–H and O–H groups in total. The van der Waals surface area contributed by atoms with E-state index in [2.05, 4.69) is 101 Å². The third-order valence-corrected chi connectivity index (χ3v) is 6.27. The van der Waals surface area contributed by atoms with Gasteiger partial charge < -0.3 is 40.9 Å². The van der Waals surface area contributed by atoms with Crippen LogP contribution in [-0.4, -0.2) is 136 Å². The zero-order valence-corrected chi connectivity index (χ0v) is 24.6. The number of hydrogen-bond acceptors (Lipinski definition) is 16. The topological polar surface area (TPSA) is 162 Å². The first-order valence-electron chi connectivity index (χ1n) is 9.19. The normalized spacial score (nSPS) is 18.0. The fourth-order valence-corrected chi connectivity index (χ4v) is 2.92. The first-order chi connectivity index (χ1) is 14.9. The largest absolute Gasteiger partial charge is 0.390 e. The quantitative estimate of drug-likeness (QED) is 0.115. The monoisotopic (exact) mass is 616 g/mol. The van der Waals surface area contributed by atoms with Gasteiger partial charge in [0.25, 0.3) is 0 Å². The van der Waals surface area contributed by atoms with Crippen LogP contribution in [0.15, 0.2) is 0 Å². The maximum atomic E-state index is 8.75. The van der Waals surface area contributed by atoms with Gasteiger partial charge in [-0.3, -0.25) is 0 Å². The predicted molar refractivity (Wildman–Crippen MR) is 159 cm³/mol. The Bertz CT molecular complexity index is 272. The van der Waals surface area contributed by atoms with Gasteiger partial charge in [0.05, 0.1) is 48.8 Å². The third-order valence-electron chi connectivity index (χ3n) is 3.27. The van der Waals surface area contributed by atoms with E-state index >= 15 is 0 Å². The lowest BCUT2D eigenvalue weighted by atomic mass is 10.3. The van der Waals surface area contributed by atoms with Gasteiger partial charge in [-0.05, 0) is 0 Å². The number of hydrogen-bond donors (Lipinski definition) is 16. The number of aliphatic hydroxyl groups excluding tert-OH is 8. The van der Waals surface area contributed by atoms with E-state index in [1.807, 2.05) is 0 Å².